The van der Waals surface area contributed by atoms with Crippen LogP contribution in [0.1, 0.15) is 49.2 Å². The minimum absolute atomic E-state index is 0.00906. The van der Waals surface area contributed by atoms with Gasteiger partial charge in [-0.2, -0.15) is 0 Å². The van der Waals surface area contributed by atoms with Crippen molar-refractivity contribution < 1.29 is 14.3 Å². The molecule has 0 aliphatic rings. The van der Waals surface area contributed by atoms with Crippen LogP contribution in [0.15, 0.2) is 54.7 Å². The number of fused-ring (bicyclic) bond motifs is 1. The second-order valence-electron chi connectivity index (χ2n) is 8.49. The summed E-state index contributed by atoms with van der Waals surface area (Å²) in [5.74, 6) is -0.117. The van der Waals surface area contributed by atoms with Crippen LogP contribution in [0, 0.1) is 0 Å². The highest BCUT2D eigenvalue weighted by molar-refractivity contribution is 5.94. The lowest BCUT2D eigenvalue weighted by Gasteiger charge is -2.19. The van der Waals surface area contributed by atoms with Crippen molar-refractivity contribution >= 4 is 22.9 Å². The maximum atomic E-state index is 12.6. The van der Waals surface area contributed by atoms with Crippen LogP contribution in [0.4, 0.5) is 4.79 Å². The van der Waals surface area contributed by atoms with Crippen molar-refractivity contribution in [3.8, 4) is 0 Å². The van der Waals surface area contributed by atoms with Crippen molar-refractivity contribution in [2.24, 2.45) is 0 Å². The molecule has 3 N–H and O–H groups in total. The van der Waals surface area contributed by atoms with E-state index in [1.807, 2.05) is 64.2 Å². The molecule has 3 aromatic rings. The summed E-state index contributed by atoms with van der Waals surface area (Å²) in [4.78, 5) is 27.6. The zero-order chi connectivity index (χ0) is 21.7. The lowest BCUT2D eigenvalue weighted by atomic mass is 10.1. The van der Waals surface area contributed by atoms with Gasteiger partial charge in [-0.25, -0.2) is 4.79 Å². The second-order valence-corrected chi connectivity index (χ2v) is 8.49. The number of carbonyl (C=O) groups excluding carboxylic acids is 2. The van der Waals surface area contributed by atoms with E-state index in [1.165, 1.54) is 10.9 Å². The van der Waals surface area contributed by atoms with Crippen LogP contribution >= 0.6 is 0 Å². The lowest BCUT2D eigenvalue weighted by molar-refractivity contribution is 0.0523. The van der Waals surface area contributed by atoms with E-state index in [0.29, 0.717) is 12.1 Å². The number of benzene rings is 2. The van der Waals surface area contributed by atoms with Crippen molar-refractivity contribution in [1.82, 2.24) is 15.6 Å². The second kappa shape index (κ2) is 9.03. The minimum atomic E-state index is -0.532. The van der Waals surface area contributed by atoms with Crippen molar-refractivity contribution in [3.63, 3.8) is 0 Å². The molecule has 0 aliphatic carbocycles. The van der Waals surface area contributed by atoms with Gasteiger partial charge in [-0.1, -0.05) is 30.3 Å². The Morgan fingerprint density at radius 2 is 1.77 bits per heavy atom. The number of aromatic amines is 1. The minimum Gasteiger partial charge on any atom is -0.444 e. The third-order valence-electron chi connectivity index (χ3n) is 4.63. The monoisotopic (exact) mass is 407 g/mol. The van der Waals surface area contributed by atoms with Crippen LogP contribution in [0.25, 0.3) is 10.9 Å². The molecule has 1 aromatic heterocycles. The first kappa shape index (κ1) is 21.4. The van der Waals surface area contributed by atoms with E-state index in [1.54, 1.807) is 12.1 Å². The Morgan fingerprint density at radius 3 is 2.47 bits per heavy atom. The topological polar surface area (TPSA) is 83.2 Å². The molecule has 0 saturated carbocycles. The van der Waals surface area contributed by atoms with Gasteiger partial charge < -0.3 is 20.4 Å². The normalized spacial score (nSPS) is 12.4. The number of para-hydroxylation sites is 1. The van der Waals surface area contributed by atoms with E-state index >= 15 is 0 Å². The summed E-state index contributed by atoms with van der Waals surface area (Å²) < 4.78 is 5.22. The first-order valence-electron chi connectivity index (χ1n) is 10.1. The summed E-state index contributed by atoms with van der Waals surface area (Å²) in [6.07, 6.45) is 2.28. The molecule has 0 fully saturated rings. The molecule has 0 bridgehead atoms. The number of alkyl carbamates (subject to hydrolysis) is 1. The Balaban J connectivity index is 1.52. The van der Waals surface area contributed by atoms with E-state index in [2.05, 4.69) is 21.7 Å². The molecule has 30 heavy (non-hydrogen) atoms. The first-order valence-corrected chi connectivity index (χ1v) is 10.1. The number of hydrogen-bond donors (Lipinski definition) is 3. The molecule has 0 aliphatic heterocycles. The molecule has 2 aromatic carbocycles. The van der Waals surface area contributed by atoms with Crippen LogP contribution in [0.3, 0.4) is 0 Å². The molecule has 0 unspecified atom stereocenters. The van der Waals surface area contributed by atoms with Crippen LogP contribution in [-0.4, -0.2) is 28.6 Å². The summed E-state index contributed by atoms with van der Waals surface area (Å²) in [5, 5.41) is 6.94. The average Bonchev–Trinajstić information content (AvgIpc) is 3.08. The Hall–Kier alpha value is -3.28. The molecular formula is C24H29N3O3. The smallest absolute Gasteiger partial charge is 0.407 e. The van der Waals surface area contributed by atoms with Crippen LogP contribution in [0.5, 0.6) is 0 Å². The number of aromatic nitrogens is 1. The number of amides is 2. The number of ether oxygens (including phenoxy) is 1. The third-order valence-corrected chi connectivity index (χ3v) is 4.63. The molecule has 1 atom stereocenters. The van der Waals surface area contributed by atoms with Crippen molar-refractivity contribution in [3.05, 3.63) is 71.4 Å². The Kier molecular flexibility index (Phi) is 6.45. The van der Waals surface area contributed by atoms with E-state index in [4.69, 9.17) is 4.74 Å². The SMILES string of the molecule is C[C@@H](Cc1c[nH]c2ccccc12)NC(=O)c1ccc(CNC(=O)OC(C)(C)C)cc1. The predicted molar refractivity (Wildman–Crippen MR) is 118 cm³/mol. The van der Waals surface area contributed by atoms with E-state index in [-0.39, 0.29) is 11.9 Å². The molecule has 158 valence electrons. The molecular weight excluding hydrogens is 378 g/mol. The summed E-state index contributed by atoms with van der Waals surface area (Å²) >= 11 is 0. The summed E-state index contributed by atoms with van der Waals surface area (Å²) in [7, 11) is 0. The summed E-state index contributed by atoms with van der Waals surface area (Å²) in [5.41, 5.74) is 3.23. The highest BCUT2D eigenvalue weighted by Crippen LogP contribution is 2.19. The lowest BCUT2D eigenvalue weighted by Crippen LogP contribution is -2.34. The van der Waals surface area contributed by atoms with Gasteiger partial charge in [0, 0.05) is 35.2 Å². The van der Waals surface area contributed by atoms with Gasteiger partial charge in [0.15, 0.2) is 0 Å². The Bertz CT molecular complexity index is 1020. The van der Waals surface area contributed by atoms with Crippen LogP contribution in [0.2, 0.25) is 0 Å². The van der Waals surface area contributed by atoms with Gasteiger partial charge in [0.25, 0.3) is 5.91 Å². The summed E-state index contributed by atoms with van der Waals surface area (Å²) in [6.45, 7) is 7.80. The van der Waals surface area contributed by atoms with Gasteiger partial charge in [-0.3, -0.25) is 4.79 Å². The molecule has 0 saturated heterocycles. The van der Waals surface area contributed by atoms with Gasteiger partial charge in [-0.05, 0) is 63.4 Å². The van der Waals surface area contributed by atoms with Gasteiger partial charge in [-0.15, -0.1) is 0 Å². The van der Waals surface area contributed by atoms with Gasteiger partial charge in [0.2, 0.25) is 0 Å². The molecule has 2 amide bonds. The molecule has 6 nitrogen and oxygen atoms in total. The number of hydrogen-bond acceptors (Lipinski definition) is 3. The van der Waals surface area contributed by atoms with Crippen molar-refractivity contribution in [2.45, 2.75) is 52.3 Å². The third kappa shape index (κ3) is 5.86. The Morgan fingerprint density at radius 1 is 1.07 bits per heavy atom. The Labute approximate surface area is 177 Å². The van der Waals surface area contributed by atoms with Gasteiger partial charge in [0.1, 0.15) is 5.60 Å². The zero-order valence-electron chi connectivity index (χ0n) is 17.9. The highest BCUT2D eigenvalue weighted by Gasteiger charge is 2.16. The molecule has 0 radical (unpaired) electrons. The largest absolute Gasteiger partial charge is 0.444 e. The van der Waals surface area contributed by atoms with E-state index in [0.717, 1.165) is 17.5 Å². The van der Waals surface area contributed by atoms with Crippen molar-refractivity contribution in [2.75, 3.05) is 0 Å². The molecule has 1 heterocycles. The summed E-state index contributed by atoms with van der Waals surface area (Å²) in [6, 6.07) is 15.3. The number of carbonyl (C=O) groups is 2. The molecule has 0 spiro atoms. The van der Waals surface area contributed by atoms with Gasteiger partial charge >= 0.3 is 6.09 Å². The molecule has 6 heteroatoms. The van der Waals surface area contributed by atoms with E-state index < -0.39 is 11.7 Å². The quantitative estimate of drug-likeness (QED) is 0.560. The predicted octanol–water partition coefficient (Wildman–Crippen LogP) is 4.55. The van der Waals surface area contributed by atoms with Crippen molar-refractivity contribution in [1.29, 1.82) is 0 Å². The van der Waals surface area contributed by atoms with Crippen LogP contribution in [-0.2, 0) is 17.7 Å². The standard InChI is InChI=1S/C24H29N3O3/c1-16(13-19-15-25-21-8-6-5-7-20(19)21)27-22(28)18-11-9-17(10-12-18)14-26-23(29)30-24(2,3)4/h5-12,15-16,25H,13-14H2,1-4H3,(H,26,29)(H,27,28)/t16-/m0/s1. The molecule has 3 rings (SSSR count). The fourth-order valence-corrected chi connectivity index (χ4v) is 3.25. The fraction of sp³-hybridized carbons (Fsp3) is 0.333. The van der Waals surface area contributed by atoms with E-state index in [9.17, 15) is 9.59 Å². The van der Waals surface area contributed by atoms with Crippen LogP contribution < -0.4 is 10.6 Å². The number of nitrogens with one attached hydrogen (secondary N) is 3. The average molecular weight is 408 g/mol. The number of rotatable bonds is 6. The zero-order valence-corrected chi connectivity index (χ0v) is 17.9. The number of H-pyrrole nitrogens is 1. The fourth-order valence-electron chi connectivity index (χ4n) is 3.25. The first-order chi connectivity index (χ1) is 14.2. The maximum Gasteiger partial charge on any atom is 0.407 e. The maximum absolute atomic E-state index is 12.6. The van der Waals surface area contributed by atoms with Gasteiger partial charge in [0.05, 0.1) is 0 Å². The highest BCUT2D eigenvalue weighted by atomic mass is 16.6.